The van der Waals surface area contributed by atoms with E-state index in [9.17, 15) is 24.3 Å². The molecule has 0 aliphatic rings. The largest absolute Gasteiger partial charge is 0.481 e. The van der Waals surface area contributed by atoms with Crippen LogP contribution >= 0.6 is 63.7 Å². The SMILES string of the molecule is CCOC(=O)CCc1c(C(=O)OCC)[nH]c2cc(Br)cc(Br)c12.O=C(O)CCc1c(C(=O)O)[nH]c2cc(Br)cc(Br)c12. The number of carbonyl (C=O) groups is 4. The van der Waals surface area contributed by atoms with Gasteiger partial charge in [0, 0.05) is 52.5 Å². The molecule has 0 saturated carbocycles. The second-order valence-corrected chi connectivity index (χ2v) is 12.3. The van der Waals surface area contributed by atoms with Crippen molar-refractivity contribution >= 4 is 109 Å². The molecule has 2 aromatic heterocycles. The van der Waals surface area contributed by atoms with E-state index >= 15 is 0 Å². The average molecular weight is 838 g/mol. The first-order chi connectivity index (χ1) is 19.9. The summed E-state index contributed by atoms with van der Waals surface area (Å²) in [6, 6.07) is 7.35. The number of aliphatic carboxylic acids is 1. The summed E-state index contributed by atoms with van der Waals surface area (Å²) in [7, 11) is 0. The van der Waals surface area contributed by atoms with Crippen molar-refractivity contribution in [2.24, 2.45) is 0 Å². The van der Waals surface area contributed by atoms with Crippen molar-refractivity contribution in [3.05, 3.63) is 64.7 Å². The van der Waals surface area contributed by atoms with Crippen molar-refractivity contribution in [3.8, 4) is 0 Å². The number of halogens is 4. The molecule has 4 rings (SSSR count). The Kier molecular flexibility index (Phi) is 12.2. The summed E-state index contributed by atoms with van der Waals surface area (Å²) >= 11 is 13.6. The van der Waals surface area contributed by atoms with Crippen LogP contribution in [0.5, 0.6) is 0 Å². The molecule has 10 nitrogen and oxygen atoms in total. The molecular weight excluding hydrogens is 812 g/mol. The number of nitrogens with one attached hydrogen (secondary N) is 2. The molecule has 0 aliphatic carbocycles. The predicted octanol–water partition coefficient (Wildman–Crippen LogP) is 7.77. The number of ether oxygens (including phenoxy) is 2. The molecule has 0 atom stereocenters. The molecule has 14 heteroatoms. The quantitative estimate of drug-likeness (QED) is 0.118. The molecule has 4 N–H and O–H groups in total. The van der Waals surface area contributed by atoms with E-state index in [0.717, 1.165) is 34.4 Å². The highest BCUT2D eigenvalue weighted by Crippen LogP contribution is 2.35. The molecule has 0 bridgehead atoms. The van der Waals surface area contributed by atoms with E-state index < -0.39 is 17.9 Å². The Morgan fingerprint density at radius 3 is 1.67 bits per heavy atom. The summed E-state index contributed by atoms with van der Waals surface area (Å²) in [5.74, 6) is -2.77. The number of carbonyl (C=O) groups excluding carboxylic acids is 2. The summed E-state index contributed by atoms with van der Waals surface area (Å²) < 4.78 is 13.3. The van der Waals surface area contributed by atoms with Crippen LogP contribution in [0.2, 0.25) is 0 Å². The number of esters is 2. The summed E-state index contributed by atoms with van der Waals surface area (Å²) in [5.41, 5.74) is 3.13. The van der Waals surface area contributed by atoms with E-state index in [0.29, 0.717) is 35.2 Å². The van der Waals surface area contributed by atoms with Crippen molar-refractivity contribution in [2.45, 2.75) is 39.5 Å². The van der Waals surface area contributed by atoms with Gasteiger partial charge >= 0.3 is 23.9 Å². The van der Waals surface area contributed by atoms with E-state index in [2.05, 4.69) is 73.7 Å². The zero-order valence-electron chi connectivity index (χ0n) is 22.4. The molecule has 4 aromatic rings. The lowest BCUT2D eigenvalue weighted by Crippen LogP contribution is -2.10. The molecule has 0 aliphatic heterocycles. The summed E-state index contributed by atoms with van der Waals surface area (Å²) in [4.78, 5) is 51.7. The van der Waals surface area contributed by atoms with Crippen LogP contribution in [0.3, 0.4) is 0 Å². The fourth-order valence-electron chi connectivity index (χ4n) is 4.38. The Morgan fingerprint density at radius 1 is 0.714 bits per heavy atom. The van der Waals surface area contributed by atoms with Crippen molar-refractivity contribution in [2.75, 3.05) is 13.2 Å². The number of H-pyrrole nitrogens is 2. The maximum atomic E-state index is 12.2. The summed E-state index contributed by atoms with van der Waals surface area (Å²) in [6.45, 7) is 4.15. The third-order valence-corrected chi connectivity index (χ3v) is 8.17. The normalized spacial score (nSPS) is 10.8. The zero-order valence-corrected chi connectivity index (χ0v) is 28.8. The number of aromatic nitrogens is 2. The van der Waals surface area contributed by atoms with Gasteiger partial charge in [0.1, 0.15) is 11.4 Å². The molecule has 0 amide bonds. The predicted molar refractivity (Wildman–Crippen MR) is 171 cm³/mol. The van der Waals surface area contributed by atoms with Crippen molar-refractivity contribution in [1.82, 2.24) is 9.97 Å². The Hall–Kier alpha value is -2.68. The topological polar surface area (TPSA) is 159 Å². The number of aryl methyl sites for hydroxylation is 2. The number of carboxylic acid groups (broad SMARTS) is 2. The van der Waals surface area contributed by atoms with Gasteiger partial charge in [0.15, 0.2) is 0 Å². The highest BCUT2D eigenvalue weighted by molar-refractivity contribution is 9.11. The number of aromatic amines is 2. The molecule has 0 saturated heterocycles. The van der Waals surface area contributed by atoms with E-state index in [1.165, 1.54) is 0 Å². The minimum absolute atomic E-state index is 0.0371. The minimum atomic E-state index is -1.10. The van der Waals surface area contributed by atoms with Crippen LogP contribution in [0.15, 0.2) is 42.2 Å². The Balaban J connectivity index is 0.000000235. The second-order valence-electron chi connectivity index (χ2n) is 8.80. The number of fused-ring (bicyclic) bond motifs is 2. The lowest BCUT2D eigenvalue weighted by molar-refractivity contribution is -0.143. The van der Waals surface area contributed by atoms with Gasteiger partial charge < -0.3 is 29.7 Å². The first-order valence-electron chi connectivity index (χ1n) is 12.6. The van der Waals surface area contributed by atoms with Crippen molar-refractivity contribution in [1.29, 1.82) is 0 Å². The van der Waals surface area contributed by atoms with Crippen LogP contribution in [-0.2, 0) is 31.9 Å². The van der Waals surface area contributed by atoms with Gasteiger partial charge in [0.25, 0.3) is 0 Å². The van der Waals surface area contributed by atoms with Gasteiger partial charge in [0.2, 0.25) is 0 Å². The van der Waals surface area contributed by atoms with Crippen molar-refractivity contribution in [3.63, 3.8) is 0 Å². The number of carboxylic acids is 2. The first kappa shape index (κ1) is 33.8. The van der Waals surface area contributed by atoms with E-state index in [-0.39, 0.29) is 37.5 Å². The van der Waals surface area contributed by atoms with Crippen LogP contribution in [0.25, 0.3) is 21.8 Å². The van der Waals surface area contributed by atoms with Crippen LogP contribution in [0, 0.1) is 0 Å². The number of hydrogen-bond donors (Lipinski definition) is 4. The molecule has 0 fully saturated rings. The van der Waals surface area contributed by atoms with Gasteiger partial charge in [0.05, 0.1) is 13.2 Å². The van der Waals surface area contributed by atoms with Gasteiger partial charge in [-0.1, -0.05) is 63.7 Å². The Morgan fingerprint density at radius 2 is 1.19 bits per heavy atom. The van der Waals surface area contributed by atoms with Crippen molar-refractivity contribution < 1.29 is 38.9 Å². The number of rotatable bonds is 10. The number of benzene rings is 2. The third-order valence-electron chi connectivity index (χ3n) is 6.00. The minimum Gasteiger partial charge on any atom is -0.481 e. The van der Waals surface area contributed by atoms with E-state index in [1.54, 1.807) is 26.0 Å². The fraction of sp³-hybridized carbons (Fsp3) is 0.286. The van der Waals surface area contributed by atoms with Gasteiger partial charge in [-0.25, -0.2) is 9.59 Å². The van der Waals surface area contributed by atoms with Gasteiger partial charge in [-0.3, -0.25) is 9.59 Å². The molecule has 224 valence electrons. The molecule has 0 spiro atoms. The van der Waals surface area contributed by atoms with Crippen LogP contribution in [-0.4, -0.2) is 57.3 Å². The lowest BCUT2D eigenvalue weighted by Gasteiger charge is -2.06. The molecule has 0 unspecified atom stereocenters. The van der Waals surface area contributed by atoms with E-state index in [1.807, 2.05) is 12.1 Å². The Labute approximate surface area is 274 Å². The van der Waals surface area contributed by atoms with Crippen LogP contribution in [0.1, 0.15) is 58.8 Å². The molecule has 2 heterocycles. The maximum absolute atomic E-state index is 12.2. The van der Waals surface area contributed by atoms with E-state index in [4.69, 9.17) is 14.6 Å². The van der Waals surface area contributed by atoms with Gasteiger partial charge in [-0.05, 0) is 62.1 Å². The monoisotopic (exact) mass is 834 g/mol. The standard InChI is InChI=1S/C16H17Br2NO4.C12H9Br2NO4/c1-3-22-13(20)6-5-10-14-11(18)7-9(17)8-12(14)19-15(10)16(21)23-4-2;13-5-3-7(14)10-6(1-2-9(16)17)11(12(18)19)15-8(10)4-5/h7-8,19H,3-6H2,1-2H3;3-4,15H,1-2H2,(H,16,17)(H,18,19). The molecule has 2 aromatic carbocycles. The number of hydrogen-bond acceptors (Lipinski definition) is 6. The summed E-state index contributed by atoms with van der Waals surface area (Å²) in [5, 5.41) is 19.5. The van der Waals surface area contributed by atoms with Gasteiger partial charge in [-0.15, -0.1) is 0 Å². The summed E-state index contributed by atoms with van der Waals surface area (Å²) in [6.07, 6.45) is 0.649. The smallest absolute Gasteiger partial charge is 0.355 e. The Bertz CT molecular complexity index is 1660. The van der Waals surface area contributed by atoms with Gasteiger partial charge in [-0.2, -0.15) is 0 Å². The zero-order chi connectivity index (χ0) is 31.1. The molecular formula is C28H26Br4N2O8. The molecule has 0 radical (unpaired) electrons. The highest BCUT2D eigenvalue weighted by atomic mass is 79.9. The second kappa shape index (κ2) is 15.2. The number of aromatic carboxylic acids is 1. The maximum Gasteiger partial charge on any atom is 0.355 e. The van der Waals surface area contributed by atoms with Crippen LogP contribution in [0.4, 0.5) is 0 Å². The fourth-order valence-corrected chi connectivity index (χ4v) is 7.31. The lowest BCUT2D eigenvalue weighted by atomic mass is 10.1. The van der Waals surface area contributed by atoms with Crippen LogP contribution < -0.4 is 0 Å². The third kappa shape index (κ3) is 8.23. The highest BCUT2D eigenvalue weighted by Gasteiger charge is 2.22. The average Bonchev–Trinajstić information content (AvgIpc) is 3.45. The molecule has 42 heavy (non-hydrogen) atoms. The first-order valence-corrected chi connectivity index (χ1v) is 15.8.